The molecule has 0 radical (unpaired) electrons. The van der Waals surface area contributed by atoms with Gasteiger partial charge in [-0.2, -0.15) is 0 Å². The molecule has 6 heteroatoms. The second-order valence-corrected chi connectivity index (χ2v) is 9.48. The lowest BCUT2D eigenvalue weighted by Crippen LogP contribution is -2.28. The van der Waals surface area contributed by atoms with Crippen molar-refractivity contribution >= 4 is 34.1 Å². The summed E-state index contributed by atoms with van der Waals surface area (Å²) < 4.78 is 29.4. The average molecular weight is 441 g/mol. The number of carbonyl (C=O) groups is 1. The number of anilines is 1. The first-order chi connectivity index (χ1) is 14.9. The Morgan fingerprint density at radius 3 is 2.52 bits per heavy atom. The van der Waals surface area contributed by atoms with E-state index in [9.17, 15) is 9.18 Å². The summed E-state index contributed by atoms with van der Waals surface area (Å²) in [6.07, 6.45) is 4.18. The molecule has 0 unspecified atom stereocenters. The van der Waals surface area contributed by atoms with Gasteiger partial charge in [0.1, 0.15) is 11.5 Å². The van der Waals surface area contributed by atoms with Crippen molar-refractivity contribution in [1.29, 1.82) is 0 Å². The normalized spacial score (nSPS) is 27.4. The molecule has 0 aliphatic heterocycles. The van der Waals surface area contributed by atoms with Crippen LogP contribution in [0.2, 0.25) is 5.02 Å². The number of rotatable bonds is 4. The van der Waals surface area contributed by atoms with Crippen LogP contribution in [0.1, 0.15) is 43.6 Å². The van der Waals surface area contributed by atoms with Crippen LogP contribution in [0.3, 0.4) is 0 Å². The van der Waals surface area contributed by atoms with Crippen LogP contribution in [0.4, 0.5) is 14.5 Å². The zero-order chi connectivity index (χ0) is 21.6. The summed E-state index contributed by atoms with van der Waals surface area (Å²) in [6.45, 7) is 0. The van der Waals surface area contributed by atoms with Gasteiger partial charge in [-0.15, -0.1) is 0 Å². The summed E-state index contributed by atoms with van der Waals surface area (Å²) in [5, 5.41) is 4.20. The highest BCUT2D eigenvalue weighted by atomic mass is 35.5. The van der Waals surface area contributed by atoms with Crippen LogP contribution in [0, 0.1) is 17.7 Å². The molecule has 0 saturated heterocycles. The summed E-state index contributed by atoms with van der Waals surface area (Å²) in [6, 6.07) is 13.4. The Morgan fingerprint density at radius 2 is 1.81 bits per heavy atom. The molecule has 2 aliphatic rings. The van der Waals surface area contributed by atoms with Gasteiger partial charge in [0.2, 0.25) is 5.91 Å². The highest BCUT2D eigenvalue weighted by Gasteiger charge is 2.51. The number of nitrogens with one attached hydrogen (secondary N) is 1. The molecule has 1 amide bonds. The largest absolute Gasteiger partial charge is 0.326 e. The number of halogens is 3. The maximum atomic E-state index is 15.5. The first-order valence-corrected chi connectivity index (χ1v) is 11.0. The Labute approximate surface area is 184 Å². The molecular weight excluding hydrogens is 418 g/mol. The average Bonchev–Trinajstić information content (AvgIpc) is 3.23. The zero-order valence-electron chi connectivity index (χ0n) is 17.0. The Bertz CT molecular complexity index is 1120. The van der Waals surface area contributed by atoms with Gasteiger partial charge >= 0.3 is 0 Å². The third-order valence-electron chi connectivity index (χ3n) is 6.88. The Kier molecular flexibility index (Phi) is 5.17. The van der Waals surface area contributed by atoms with Crippen molar-refractivity contribution in [3.8, 4) is 0 Å². The van der Waals surface area contributed by atoms with Crippen LogP contribution in [0.25, 0.3) is 10.9 Å². The summed E-state index contributed by atoms with van der Waals surface area (Å²) >= 11 is 5.86. The molecule has 1 N–H and O–H groups in total. The van der Waals surface area contributed by atoms with Gasteiger partial charge < -0.3 is 5.32 Å². The van der Waals surface area contributed by atoms with E-state index in [-0.39, 0.29) is 35.9 Å². The van der Waals surface area contributed by atoms with Crippen LogP contribution < -0.4 is 5.32 Å². The lowest BCUT2D eigenvalue weighted by molar-refractivity contribution is -0.118. The molecule has 2 aromatic carbocycles. The number of carbonyl (C=O) groups excluding carboxylic acids is 1. The van der Waals surface area contributed by atoms with Crippen LogP contribution in [-0.4, -0.2) is 16.6 Å². The molecule has 31 heavy (non-hydrogen) atoms. The van der Waals surface area contributed by atoms with E-state index in [1.165, 1.54) is 6.07 Å². The third kappa shape index (κ3) is 4.16. The minimum atomic E-state index is -1.47. The molecule has 1 heterocycles. The standard InChI is InChI=1S/C25H23ClF2N2O/c26-18-1-4-20(5-2-18)30-24(31)14-25(28)12-16-9-15(10-17(16)13-25)21-7-8-29-23-6-3-19(27)11-22(21)23/h1-8,11,15-17H,9-10,12-14H2,(H,30,31)/t15-,16-,17+,25-. The maximum Gasteiger partial charge on any atom is 0.227 e. The number of alkyl halides is 1. The van der Waals surface area contributed by atoms with Gasteiger partial charge in [-0.3, -0.25) is 9.78 Å². The van der Waals surface area contributed by atoms with Crippen LogP contribution in [-0.2, 0) is 4.79 Å². The van der Waals surface area contributed by atoms with Gasteiger partial charge in [0, 0.05) is 22.3 Å². The van der Waals surface area contributed by atoms with Gasteiger partial charge in [0.05, 0.1) is 11.9 Å². The van der Waals surface area contributed by atoms with E-state index in [4.69, 9.17) is 11.6 Å². The second kappa shape index (κ2) is 7.86. The number of benzene rings is 2. The van der Waals surface area contributed by atoms with E-state index in [1.54, 1.807) is 42.6 Å². The Hall–Kier alpha value is -2.53. The smallest absolute Gasteiger partial charge is 0.227 e. The topological polar surface area (TPSA) is 42.0 Å². The molecule has 4 atom stereocenters. The summed E-state index contributed by atoms with van der Waals surface area (Å²) in [5.74, 6) is 0.186. The lowest BCUT2D eigenvalue weighted by Gasteiger charge is -2.22. The lowest BCUT2D eigenvalue weighted by atomic mass is 9.88. The highest BCUT2D eigenvalue weighted by Crippen LogP contribution is 2.56. The van der Waals surface area contributed by atoms with E-state index < -0.39 is 5.67 Å². The maximum absolute atomic E-state index is 15.5. The number of aromatic nitrogens is 1. The van der Waals surface area contributed by atoms with E-state index >= 15 is 4.39 Å². The number of hydrogen-bond acceptors (Lipinski definition) is 2. The molecule has 0 spiro atoms. The van der Waals surface area contributed by atoms with Gasteiger partial charge in [-0.05, 0) is 97.5 Å². The third-order valence-corrected chi connectivity index (χ3v) is 7.13. The van der Waals surface area contributed by atoms with E-state index in [1.807, 2.05) is 6.07 Å². The van der Waals surface area contributed by atoms with Gasteiger partial charge in [-0.1, -0.05) is 11.6 Å². The Balaban J connectivity index is 1.25. The molecule has 2 saturated carbocycles. The van der Waals surface area contributed by atoms with Crippen LogP contribution in [0.15, 0.2) is 54.7 Å². The van der Waals surface area contributed by atoms with Crippen molar-refractivity contribution in [3.05, 3.63) is 71.1 Å². The fourth-order valence-electron chi connectivity index (χ4n) is 5.66. The number of pyridine rings is 1. The van der Waals surface area contributed by atoms with Crippen LogP contribution in [0.5, 0.6) is 0 Å². The first kappa shape index (κ1) is 20.4. The number of nitrogens with zero attached hydrogens (tertiary/aromatic N) is 1. The molecule has 160 valence electrons. The molecule has 1 aromatic heterocycles. The fourth-order valence-corrected chi connectivity index (χ4v) is 5.78. The molecule has 3 nitrogen and oxygen atoms in total. The van der Waals surface area contributed by atoms with Gasteiger partial charge in [0.15, 0.2) is 0 Å². The van der Waals surface area contributed by atoms with Gasteiger partial charge in [-0.25, -0.2) is 8.78 Å². The van der Waals surface area contributed by atoms with E-state index in [0.717, 1.165) is 29.3 Å². The Morgan fingerprint density at radius 1 is 1.10 bits per heavy atom. The van der Waals surface area contributed by atoms with Crippen molar-refractivity contribution < 1.29 is 13.6 Å². The molecule has 2 fully saturated rings. The molecule has 5 rings (SSSR count). The first-order valence-electron chi connectivity index (χ1n) is 10.7. The van der Waals surface area contributed by atoms with E-state index in [0.29, 0.717) is 23.6 Å². The SMILES string of the molecule is O=C(C[C@@]1(F)C[C@H]2C[C@@H](c3ccnc4ccc(F)cc34)C[C@H]2C1)Nc1ccc(Cl)cc1. The zero-order valence-corrected chi connectivity index (χ0v) is 17.7. The van der Waals surface area contributed by atoms with Crippen molar-refractivity contribution in [1.82, 2.24) is 4.98 Å². The monoisotopic (exact) mass is 440 g/mol. The quantitative estimate of drug-likeness (QED) is 0.492. The molecule has 0 bridgehead atoms. The molecular formula is C25H23ClF2N2O. The predicted octanol–water partition coefficient (Wildman–Crippen LogP) is 6.67. The predicted molar refractivity (Wildman–Crippen MR) is 118 cm³/mol. The summed E-state index contributed by atoms with van der Waals surface area (Å²) in [7, 11) is 0. The number of hydrogen-bond donors (Lipinski definition) is 1. The van der Waals surface area contributed by atoms with Crippen molar-refractivity contribution in [2.24, 2.45) is 11.8 Å². The highest BCUT2D eigenvalue weighted by molar-refractivity contribution is 6.30. The number of fused-ring (bicyclic) bond motifs is 2. The van der Waals surface area contributed by atoms with Crippen molar-refractivity contribution in [2.45, 2.75) is 43.7 Å². The number of amides is 1. The fraction of sp³-hybridized carbons (Fsp3) is 0.360. The van der Waals surface area contributed by atoms with Crippen molar-refractivity contribution in [2.75, 3.05) is 5.32 Å². The van der Waals surface area contributed by atoms with Crippen LogP contribution >= 0.6 is 11.6 Å². The molecule has 2 aliphatic carbocycles. The summed E-state index contributed by atoms with van der Waals surface area (Å²) in [4.78, 5) is 16.8. The van der Waals surface area contributed by atoms with Gasteiger partial charge in [0.25, 0.3) is 0 Å². The minimum Gasteiger partial charge on any atom is -0.326 e. The molecule has 3 aromatic rings. The van der Waals surface area contributed by atoms with Crippen molar-refractivity contribution in [3.63, 3.8) is 0 Å². The van der Waals surface area contributed by atoms with E-state index in [2.05, 4.69) is 10.3 Å². The summed E-state index contributed by atoms with van der Waals surface area (Å²) in [5.41, 5.74) is 1.04. The minimum absolute atomic E-state index is 0.128. The second-order valence-electron chi connectivity index (χ2n) is 9.04.